The molecule has 1 aliphatic heterocycles. The van der Waals surface area contributed by atoms with Crippen molar-refractivity contribution in [1.82, 2.24) is 5.01 Å². The molecule has 0 radical (unpaired) electrons. The van der Waals surface area contributed by atoms with Gasteiger partial charge in [0.25, 0.3) is 0 Å². The van der Waals surface area contributed by atoms with Crippen molar-refractivity contribution in [2.45, 2.75) is 40.2 Å². The highest BCUT2D eigenvalue weighted by atomic mass is 16.2. The largest absolute Gasteiger partial charge is 0.400 e. The van der Waals surface area contributed by atoms with Gasteiger partial charge in [0.2, 0.25) is 5.91 Å². The zero-order chi connectivity index (χ0) is 19.2. The zero-order valence-electron chi connectivity index (χ0n) is 15.9. The molecule has 1 amide bonds. The second-order valence-electron chi connectivity index (χ2n) is 4.89. The van der Waals surface area contributed by atoms with Crippen molar-refractivity contribution >= 4 is 11.6 Å². The molecule has 25 heavy (non-hydrogen) atoms. The number of amides is 1. The van der Waals surface area contributed by atoms with Crippen LogP contribution in [-0.2, 0) is 4.79 Å². The number of allylic oxidation sites excluding steroid dienone is 5. The Morgan fingerprint density at radius 1 is 1.28 bits per heavy atom. The van der Waals surface area contributed by atoms with Crippen LogP contribution in [0.3, 0.4) is 0 Å². The van der Waals surface area contributed by atoms with Gasteiger partial charge in [-0.2, -0.15) is 5.10 Å². The highest BCUT2D eigenvalue weighted by molar-refractivity contribution is 6.04. The first-order chi connectivity index (χ1) is 12.2. The Morgan fingerprint density at radius 2 is 1.88 bits per heavy atom. The van der Waals surface area contributed by atoms with Crippen LogP contribution in [0.5, 0.6) is 0 Å². The van der Waals surface area contributed by atoms with Crippen molar-refractivity contribution in [1.29, 1.82) is 0 Å². The van der Waals surface area contributed by atoms with E-state index in [1.807, 2.05) is 69.3 Å². The predicted molar refractivity (Wildman–Crippen MR) is 106 cm³/mol. The average molecular weight is 342 g/mol. The fraction of sp³-hybridized carbons (Fsp3) is 0.333. The second-order valence-corrected chi connectivity index (χ2v) is 4.89. The number of hydrogen-bond donors (Lipinski definition) is 1. The summed E-state index contributed by atoms with van der Waals surface area (Å²) in [4.78, 5) is 11.9. The van der Waals surface area contributed by atoms with Gasteiger partial charge in [-0.15, -0.1) is 0 Å². The molecule has 0 spiro atoms. The Bertz CT molecular complexity index is 616. The first-order valence-corrected chi connectivity index (χ1v) is 8.50. The minimum atomic E-state index is -0.0479. The molecule has 1 unspecified atom stereocenters. The van der Waals surface area contributed by atoms with Gasteiger partial charge in [0, 0.05) is 20.5 Å². The summed E-state index contributed by atoms with van der Waals surface area (Å²) in [6.07, 6.45) is 8.37. The van der Waals surface area contributed by atoms with E-state index in [1.54, 1.807) is 18.0 Å². The molecule has 4 heteroatoms. The van der Waals surface area contributed by atoms with Crippen LogP contribution >= 0.6 is 0 Å². The highest BCUT2D eigenvalue weighted by Gasteiger charge is 2.31. The summed E-state index contributed by atoms with van der Waals surface area (Å²) in [7, 11) is 1.00. The third-order valence-corrected chi connectivity index (χ3v) is 3.44. The highest BCUT2D eigenvalue weighted by Crippen LogP contribution is 2.32. The van der Waals surface area contributed by atoms with Crippen molar-refractivity contribution in [3.05, 3.63) is 72.4 Å². The molecule has 1 aromatic carbocycles. The summed E-state index contributed by atoms with van der Waals surface area (Å²) >= 11 is 0. The van der Waals surface area contributed by atoms with E-state index in [0.717, 1.165) is 24.0 Å². The lowest BCUT2D eigenvalue weighted by Gasteiger charge is -2.20. The predicted octanol–water partition coefficient (Wildman–Crippen LogP) is 4.66. The number of carbonyl (C=O) groups excluding carboxylic acids is 1. The van der Waals surface area contributed by atoms with Gasteiger partial charge < -0.3 is 5.11 Å². The number of aliphatic hydroxyl groups excluding tert-OH is 1. The monoisotopic (exact) mass is 342 g/mol. The van der Waals surface area contributed by atoms with Gasteiger partial charge in [0.15, 0.2) is 0 Å². The van der Waals surface area contributed by atoms with Crippen LogP contribution < -0.4 is 0 Å². The van der Waals surface area contributed by atoms with E-state index < -0.39 is 0 Å². The molecule has 0 fully saturated rings. The minimum absolute atomic E-state index is 0.0346. The summed E-state index contributed by atoms with van der Waals surface area (Å²) in [6, 6.07) is 9.96. The van der Waals surface area contributed by atoms with Crippen LogP contribution in [0.25, 0.3) is 0 Å². The molecule has 0 aliphatic carbocycles. The molecule has 1 aliphatic rings. The molecule has 4 nitrogen and oxygen atoms in total. The number of hydrogen-bond acceptors (Lipinski definition) is 3. The van der Waals surface area contributed by atoms with Crippen LogP contribution in [0.1, 0.15) is 45.7 Å². The Balaban J connectivity index is 0.00000134. The molecule has 1 N–H and O–H groups in total. The standard InChI is InChI=1S/C18H20N2O.C2H6.CH4O/c1-4-6-10-15(5-2)17-13-18(20(19-17)14(3)21)16-11-8-7-9-12-16;2*1-2/h4-12,18H,2,13H2,1,3H3;1-2H3;2H,1H3/b6-4-,15-10+;;. The van der Waals surface area contributed by atoms with Gasteiger partial charge in [-0.05, 0) is 18.1 Å². The van der Waals surface area contributed by atoms with E-state index >= 15 is 0 Å². The topological polar surface area (TPSA) is 52.9 Å². The third kappa shape index (κ3) is 6.51. The molecule has 1 aromatic rings. The summed E-state index contributed by atoms with van der Waals surface area (Å²) in [6.45, 7) is 11.3. The lowest BCUT2D eigenvalue weighted by molar-refractivity contribution is -0.130. The van der Waals surface area contributed by atoms with Crippen molar-refractivity contribution in [3.63, 3.8) is 0 Å². The molecule has 1 atom stereocenters. The lowest BCUT2D eigenvalue weighted by atomic mass is 9.98. The van der Waals surface area contributed by atoms with Crippen molar-refractivity contribution < 1.29 is 9.90 Å². The van der Waals surface area contributed by atoms with E-state index in [1.165, 1.54) is 0 Å². The Kier molecular flexibility index (Phi) is 11.6. The first-order valence-electron chi connectivity index (χ1n) is 8.50. The number of carbonyl (C=O) groups is 1. The van der Waals surface area contributed by atoms with Crippen LogP contribution in [-0.4, -0.2) is 28.8 Å². The number of hydrazone groups is 1. The number of benzene rings is 1. The molecule has 0 aromatic heterocycles. The SMILES string of the molecule is C=C/C(=C\C=C/C)C1=NN(C(C)=O)C(c2ccccc2)C1.CC.CO. The van der Waals surface area contributed by atoms with Crippen molar-refractivity contribution in [3.8, 4) is 0 Å². The Hall–Kier alpha value is -2.46. The lowest BCUT2D eigenvalue weighted by Crippen LogP contribution is -2.24. The molecule has 2 rings (SSSR count). The summed E-state index contributed by atoms with van der Waals surface area (Å²) in [5.74, 6) is -0.0479. The van der Waals surface area contributed by atoms with Gasteiger partial charge in [-0.1, -0.05) is 75.1 Å². The van der Waals surface area contributed by atoms with E-state index in [0.29, 0.717) is 6.42 Å². The van der Waals surface area contributed by atoms with Gasteiger partial charge in [0.05, 0.1) is 11.8 Å². The van der Waals surface area contributed by atoms with Gasteiger partial charge in [0.1, 0.15) is 0 Å². The van der Waals surface area contributed by atoms with Crippen LogP contribution in [0.4, 0.5) is 0 Å². The normalized spacial score (nSPS) is 16.4. The van der Waals surface area contributed by atoms with E-state index in [-0.39, 0.29) is 11.9 Å². The smallest absolute Gasteiger partial charge is 0.240 e. The summed E-state index contributed by atoms with van der Waals surface area (Å²) in [5.41, 5.74) is 2.95. The fourth-order valence-corrected chi connectivity index (χ4v) is 2.39. The maximum atomic E-state index is 11.9. The quantitative estimate of drug-likeness (QED) is 0.809. The number of aliphatic hydroxyl groups is 1. The van der Waals surface area contributed by atoms with Crippen LogP contribution in [0.2, 0.25) is 0 Å². The van der Waals surface area contributed by atoms with Gasteiger partial charge >= 0.3 is 0 Å². The van der Waals surface area contributed by atoms with Crippen LogP contribution in [0, 0.1) is 0 Å². The summed E-state index contributed by atoms with van der Waals surface area (Å²) in [5, 5.41) is 13.1. The van der Waals surface area contributed by atoms with E-state index in [4.69, 9.17) is 5.11 Å². The molecule has 0 saturated heterocycles. The molecule has 0 saturated carbocycles. The third-order valence-electron chi connectivity index (χ3n) is 3.44. The van der Waals surface area contributed by atoms with E-state index in [2.05, 4.69) is 11.7 Å². The Labute approximate surface area is 151 Å². The van der Waals surface area contributed by atoms with Crippen LogP contribution in [0.15, 0.2) is 71.9 Å². The number of nitrogens with zero attached hydrogens (tertiary/aromatic N) is 2. The van der Waals surface area contributed by atoms with Crippen molar-refractivity contribution in [2.24, 2.45) is 5.10 Å². The fourth-order valence-electron chi connectivity index (χ4n) is 2.39. The number of rotatable bonds is 4. The molecule has 0 bridgehead atoms. The average Bonchev–Trinajstić information content (AvgIpc) is 3.12. The maximum absolute atomic E-state index is 11.9. The zero-order valence-corrected chi connectivity index (χ0v) is 15.9. The minimum Gasteiger partial charge on any atom is -0.400 e. The first kappa shape index (κ1) is 22.5. The second kappa shape index (κ2) is 12.9. The molecule has 136 valence electrons. The molecular formula is C21H30N2O2. The summed E-state index contributed by atoms with van der Waals surface area (Å²) < 4.78 is 0. The maximum Gasteiger partial charge on any atom is 0.240 e. The Morgan fingerprint density at radius 3 is 2.36 bits per heavy atom. The van der Waals surface area contributed by atoms with Gasteiger partial charge in [-0.25, -0.2) is 5.01 Å². The molecule has 1 heterocycles. The van der Waals surface area contributed by atoms with Crippen molar-refractivity contribution in [2.75, 3.05) is 7.11 Å². The van der Waals surface area contributed by atoms with Gasteiger partial charge in [-0.3, -0.25) is 4.79 Å². The van der Waals surface area contributed by atoms with E-state index in [9.17, 15) is 4.79 Å². The molecular weight excluding hydrogens is 312 g/mol.